The van der Waals surface area contributed by atoms with Gasteiger partial charge in [-0.3, -0.25) is 0 Å². The van der Waals surface area contributed by atoms with Crippen LogP contribution in [0.5, 0.6) is 0 Å². The number of hydrogen-bond donors (Lipinski definition) is 2. The summed E-state index contributed by atoms with van der Waals surface area (Å²) in [4.78, 5) is 0.597. The van der Waals surface area contributed by atoms with E-state index in [1.54, 1.807) is 24.3 Å². The number of nitrogens with one attached hydrogen (secondary N) is 1. The van der Waals surface area contributed by atoms with Crippen LogP contribution in [0, 0.1) is 0 Å². The maximum Gasteiger partial charge on any atom is 0.175 e. The van der Waals surface area contributed by atoms with Crippen LogP contribution in [0.15, 0.2) is 58.5 Å². The standard InChI is InChI=1S/C9H9NO3S.C9H11NO2S.B10/c1-14(12,13)8-3-2-7-4-5-10(11)9(7)6-8;1-13(11,12)8-3-2-7-4-5-10-9(7)6-8;1-7(2)10(8(3)4)9(5)6/h2-6,11H,1H3;2-3,6,10H,4-5H2,1H3;. The van der Waals surface area contributed by atoms with Crippen molar-refractivity contribution in [1.29, 1.82) is 0 Å². The second-order valence-electron chi connectivity index (χ2n) is 8.73. The maximum absolute atomic E-state index is 11.2. The van der Waals surface area contributed by atoms with Gasteiger partial charge in [-0.2, -0.15) is 4.73 Å². The minimum absolute atomic E-state index is 0.207. The van der Waals surface area contributed by atoms with Crippen molar-refractivity contribution in [2.45, 2.75) is 16.2 Å². The molecule has 2 heterocycles. The van der Waals surface area contributed by atoms with Gasteiger partial charge < -0.3 is 10.5 Å². The number of fused-ring (bicyclic) bond motifs is 2. The predicted molar refractivity (Wildman–Crippen MR) is 162 cm³/mol. The van der Waals surface area contributed by atoms with Crippen molar-refractivity contribution in [3.8, 4) is 0 Å². The monoisotopic (exact) mass is 518 g/mol. The Morgan fingerprint density at radius 3 is 1.81 bits per heavy atom. The van der Waals surface area contributed by atoms with E-state index in [1.807, 2.05) is 6.07 Å². The average Bonchev–Trinajstić information content (AvgIpc) is 3.38. The van der Waals surface area contributed by atoms with Crippen molar-refractivity contribution in [3.05, 3.63) is 54.2 Å². The molecule has 37 heavy (non-hydrogen) atoms. The lowest BCUT2D eigenvalue weighted by molar-refractivity contribution is 0.200. The van der Waals surface area contributed by atoms with E-state index in [0.717, 1.165) is 35.0 Å². The van der Waals surface area contributed by atoms with Crippen molar-refractivity contribution in [3.63, 3.8) is 0 Å². The molecule has 1 aliphatic heterocycles. The highest BCUT2D eigenvalue weighted by Gasteiger charge is 2.24. The molecular weight excluding hydrogens is 496 g/mol. The van der Waals surface area contributed by atoms with Gasteiger partial charge in [-0.15, -0.1) is 0 Å². The highest BCUT2D eigenvalue weighted by atomic mass is 32.2. The van der Waals surface area contributed by atoms with E-state index in [-0.39, 0.29) is 4.90 Å². The van der Waals surface area contributed by atoms with Gasteiger partial charge in [-0.05, 0) is 42.3 Å². The number of sulfone groups is 2. The van der Waals surface area contributed by atoms with Crippen molar-refractivity contribution < 1.29 is 22.0 Å². The Kier molecular flexibility index (Phi) is 10.8. The van der Waals surface area contributed by atoms with E-state index in [9.17, 15) is 22.0 Å². The van der Waals surface area contributed by atoms with Crippen molar-refractivity contribution in [2.75, 3.05) is 24.4 Å². The first-order chi connectivity index (χ1) is 17.0. The van der Waals surface area contributed by atoms with Gasteiger partial charge >= 0.3 is 0 Å². The summed E-state index contributed by atoms with van der Waals surface area (Å²) in [6, 6.07) is 11.6. The van der Waals surface area contributed by atoms with Gasteiger partial charge in [0.15, 0.2) is 19.7 Å². The van der Waals surface area contributed by atoms with Crippen LogP contribution in [0.2, 0.25) is 0 Å². The number of aromatic nitrogens is 1. The summed E-state index contributed by atoms with van der Waals surface area (Å²) in [7, 11) is 25.5. The highest BCUT2D eigenvalue weighted by molar-refractivity contribution is 8.00. The SMILES string of the molecule is CS(=O)(=O)c1ccc2c(c1)NCC2.CS(=O)(=O)c1ccc2ccn(O)c2c1.[B]B([B])B(B([B])[B])B([B])[B]. The van der Waals surface area contributed by atoms with Crippen molar-refractivity contribution >= 4 is 108 Å². The van der Waals surface area contributed by atoms with E-state index in [1.165, 1.54) is 30.1 Å². The van der Waals surface area contributed by atoms with Crippen LogP contribution in [0.25, 0.3) is 10.9 Å². The Balaban J connectivity index is 0.000000199. The van der Waals surface area contributed by atoms with E-state index in [0.29, 0.717) is 10.4 Å². The Morgan fingerprint density at radius 1 is 0.811 bits per heavy atom. The van der Waals surface area contributed by atoms with Crippen LogP contribution >= 0.6 is 0 Å². The Bertz CT molecular complexity index is 1410. The smallest absolute Gasteiger partial charge is 0.175 e. The zero-order chi connectivity index (χ0) is 28.1. The molecule has 174 valence electrons. The predicted octanol–water partition coefficient (Wildman–Crippen LogP) is -1.47. The topological polar surface area (TPSA) is 105 Å². The quantitative estimate of drug-likeness (QED) is 0.317. The molecule has 0 unspecified atom stereocenters. The summed E-state index contributed by atoms with van der Waals surface area (Å²) < 4.78 is 45.8. The number of rotatable bonds is 5. The van der Waals surface area contributed by atoms with Gasteiger partial charge in [-0.1, -0.05) is 12.1 Å². The van der Waals surface area contributed by atoms with Gasteiger partial charge in [0, 0.05) is 108 Å². The number of nitrogens with zero attached hydrogens (tertiary/aromatic N) is 1. The van der Waals surface area contributed by atoms with Gasteiger partial charge in [0.1, 0.15) is 0 Å². The molecule has 0 bridgehead atoms. The van der Waals surface area contributed by atoms with Crippen molar-refractivity contribution in [1.82, 2.24) is 4.73 Å². The molecular formula is C18H20B10N2O5S2. The Morgan fingerprint density at radius 2 is 1.32 bits per heavy atom. The lowest BCUT2D eigenvalue weighted by Gasteiger charge is -2.23. The first kappa shape index (κ1) is 31.3. The molecule has 3 aromatic rings. The molecule has 0 aliphatic carbocycles. The van der Waals surface area contributed by atoms with Crippen molar-refractivity contribution in [2.24, 2.45) is 0 Å². The van der Waals surface area contributed by atoms with Crippen LogP contribution in [0.3, 0.4) is 0 Å². The molecule has 0 atom stereocenters. The molecule has 2 aromatic carbocycles. The van der Waals surface area contributed by atoms with Crippen LogP contribution in [-0.4, -0.2) is 118 Å². The number of benzene rings is 2. The second kappa shape index (κ2) is 12.8. The van der Waals surface area contributed by atoms with E-state index >= 15 is 0 Å². The van der Waals surface area contributed by atoms with E-state index < -0.39 is 45.2 Å². The fraction of sp³-hybridized carbons (Fsp3) is 0.222. The Labute approximate surface area is 229 Å². The molecule has 0 fully saturated rings. The fourth-order valence-electron chi connectivity index (χ4n) is 3.60. The molecule has 1 aromatic heterocycles. The summed E-state index contributed by atoms with van der Waals surface area (Å²) in [5.41, 5.74) is 2.66. The highest BCUT2D eigenvalue weighted by Crippen LogP contribution is 2.25. The van der Waals surface area contributed by atoms with Crippen LogP contribution in [0.4, 0.5) is 5.69 Å². The fourth-order valence-corrected chi connectivity index (χ4v) is 4.88. The number of anilines is 1. The van der Waals surface area contributed by atoms with Crippen LogP contribution in [-0.2, 0) is 26.1 Å². The first-order valence-electron chi connectivity index (χ1n) is 11.1. The molecule has 1 aliphatic rings. The van der Waals surface area contributed by atoms with Gasteiger partial charge in [0.2, 0.25) is 0 Å². The molecule has 2 N–H and O–H groups in total. The van der Waals surface area contributed by atoms with E-state index in [2.05, 4.69) is 5.32 Å². The first-order valence-corrected chi connectivity index (χ1v) is 14.9. The van der Waals surface area contributed by atoms with Gasteiger partial charge in [-0.25, -0.2) is 16.8 Å². The average molecular weight is 517 g/mol. The third-order valence-electron chi connectivity index (χ3n) is 5.62. The number of hydrogen-bond acceptors (Lipinski definition) is 6. The molecule has 4 rings (SSSR count). The lowest BCUT2D eigenvalue weighted by Crippen LogP contribution is -2.62. The minimum atomic E-state index is -3.21. The summed E-state index contributed by atoms with van der Waals surface area (Å²) in [6.45, 7) is 0.905. The molecule has 0 saturated carbocycles. The molecule has 12 radical (unpaired) electrons. The van der Waals surface area contributed by atoms with Gasteiger partial charge in [0.25, 0.3) is 0 Å². The van der Waals surface area contributed by atoms with Gasteiger partial charge in [0.05, 0.1) is 15.3 Å². The molecule has 0 amide bonds. The third-order valence-corrected chi connectivity index (χ3v) is 7.85. The normalized spacial score (nSPS) is 12.2. The lowest BCUT2D eigenvalue weighted by atomic mass is 8.58. The van der Waals surface area contributed by atoms with Crippen LogP contribution < -0.4 is 5.32 Å². The zero-order valence-corrected chi connectivity index (χ0v) is 22.3. The third kappa shape index (κ3) is 8.84. The summed E-state index contributed by atoms with van der Waals surface area (Å²) in [5.74, 6) is 0. The zero-order valence-electron chi connectivity index (χ0n) is 20.7. The summed E-state index contributed by atoms with van der Waals surface area (Å²) in [6.07, 6.45) is 2.37. The maximum atomic E-state index is 11.2. The minimum Gasteiger partial charge on any atom is -0.428 e. The Hall–Kier alpha value is -1.87. The molecule has 0 saturated heterocycles. The molecule has 0 spiro atoms. The van der Waals surface area contributed by atoms with Crippen LogP contribution in [0.1, 0.15) is 5.56 Å². The molecule has 19 heteroatoms. The van der Waals surface area contributed by atoms with E-state index in [4.69, 9.17) is 46.4 Å². The summed E-state index contributed by atoms with van der Waals surface area (Å²) >= 11 is 0. The molecule has 7 nitrogen and oxygen atoms in total. The largest absolute Gasteiger partial charge is 0.428 e. The second-order valence-corrected chi connectivity index (χ2v) is 12.8. The summed E-state index contributed by atoms with van der Waals surface area (Å²) in [5, 5.41) is 13.3.